The maximum absolute atomic E-state index is 12.0. The summed E-state index contributed by atoms with van der Waals surface area (Å²) in [4.78, 5) is 12.0. The van der Waals surface area contributed by atoms with Crippen LogP contribution in [0.5, 0.6) is 0 Å². The zero-order valence-corrected chi connectivity index (χ0v) is 9.32. The summed E-state index contributed by atoms with van der Waals surface area (Å²) in [6.07, 6.45) is 2.72. The molecule has 1 aliphatic heterocycles. The summed E-state index contributed by atoms with van der Waals surface area (Å²) in [5.41, 5.74) is 2.80. The Morgan fingerprint density at radius 2 is 2.25 bits per heavy atom. The fourth-order valence-electron chi connectivity index (χ4n) is 2.74. The fourth-order valence-corrected chi connectivity index (χ4v) is 2.74. The van der Waals surface area contributed by atoms with Gasteiger partial charge in [0.2, 0.25) is 0 Å². The number of benzene rings is 1. The third-order valence-electron chi connectivity index (χ3n) is 3.79. The Balaban J connectivity index is 1.63. The van der Waals surface area contributed by atoms with Crippen molar-refractivity contribution in [1.82, 2.24) is 0 Å². The van der Waals surface area contributed by atoms with Gasteiger partial charge >= 0.3 is 0 Å². The lowest BCUT2D eigenvalue weighted by Gasteiger charge is -2.30. The number of fused-ring (bicyclic) bond motifs is 1. The lowest BCUT2D eigenvalue weighted by molar-refractivity contribution is -0.123. The monoisotopic (exact) mass is 216 g/mol. The van der Waals surface area contributed by atoms with E-state index in [4.69, 9.17) is 4.74 Å². The molecule has 0 N–H and O–H groups in total. The second kappa shape index (κ2) is 4.02. The molecule has 16 heavy (non-hydrogen) atoms. The summed E-state index contributed by atoms with van der Waals surface area (Å²) in [5, 5.41) is 0. The van der Waals surface area contributed by atoms with Crippen molar-refractivity contribution in [2.24, 2.45) is 5.92 Å². The molecule has 2 heteroatoms. The van der Waals surface area contributed by atoms with E-state index in [0.29, 0.717) is 24.7 Å². The highest BCUT2D eigenvalue weighted by Crippen LogP contribution is 2.38. The van der Waals surface area contributed by atoms with Crippen molar-refractivity contribution < 1.29 is 9.53 Å². The van der Waals surface area contributed by atoms with Crippen molar-refractivity contribution in [3.05, 3.63) is 35.4 Å². The minimum Gasteiger partial charge on any atom is -0.381 e. The Morgan fingerprint density at radius 3 is 3.00 bits per heavy atom. The van der Waals surface area contributed by atoms with Crippen LogP contribution in [0, 0.1) is 5.92 Å². The predicted octanol–water partition coefficient (Wildman–Crippen LogP) is 2.32. The highest BCUT2D eigenvalue weighted by atomic mass is 16.5. The summed E-state index contributed by atoms with van der Waals surface area (Å²) in [6.45, 7) is 1.41. The van der Waals surface area contributed by atoms with Crippen molar-refractivity contribution >= 4 is 5.78 Å². The Morgan fingerprint density at radius 1 is 1.38 bits per heavy atom. The minimum absolute atomic E-state index is 0.174. The zero-order chi connectivity index (χ0) is 11.0. The lowest BCUT2D eigenvalue weighted by atomic mass is 9.74. The number of rotatable bonds is 3. The zero-order valence-electron chi connectivity index (χ0n) is 9.32. The molecule has 1 aromatic carbocycles. The first kappa shape index (κ1) is 10.0. The number of ketones is 1. The Hall–Kier alpha value is -1.15. The van der Waals surface area contributed by atoms with E-state index < -0.39 is 0 Å². The van der Waals surface area contributed by atoms with E-state index in [1.165, 1.54) is 11.1 Å². The second-order valence-corrected chi connectivity index (χ2v) is 4.83. The van der Waals surface area contributed by atoms with Crippen LogP contribution >= 0.6 is 0 Å². The van der Waals surface area contributed by atoms with Gasteiger partial charge in [0.1, 0.15) is 5.78 Å². The quantitative estimate of drug-likeness (QED) is 0.775. The molecular formula is C14H16O2. The molecule has 1 fully saturated rings. The SMILES string of the molecule is O=C(CC1Cc2ccccc21)C1CCOC1. The van der Waals surface area contributed by atoms with Gasteiger partial charge in [-0.1, -0.05) is 24.3 Å². The van der Waals surface area contributed by atoms with Gasteiger partial charge in [0, 0.05) is 18.9 Å². The Labute approximate surface area is 95.6 Å². The molecule has 2 atom stereocenters. The van der Waals surface area contributed by atoms with Crippen LogP contribution in [0.15, 0.2) is 24.3 Å². The van der Waals surface area contributed by atoms with Gasteiger partial charge in [0.05, 0.1) is 6.61 Å². The highest BCUT2D eigenvalue weighted by Gasteiger charge is 2.31. The number of ether oxygens (including phenoxy) is 1. The number of carbonyl (C=O) groups excluding carboxylic acids is 1. The van der Waals surface area contributed by atoms with Crippen LogP contribution in [-0.2, 0) is 16.0 Å². The molecule has 0 aromatic heterocycles. The molecule has 1 aliphatic carbocycles. The smallest absolute Gasteiger partial charge is 0.138 e. The molecule has 2 nitrogen and oxygen atoms in total. The molecule has 0 saturated carbocycles. The van der Waals surface area contributed by atoms with Gasteiger partial charge in [0.15, 0.2) is 0 Å². The summed E-state index contributed by atoms with van der Waals surface area (Å²) < 4.78 is 5.26. The van der Waals surface area contributed by atoms with Gasteiger partial charge in [-0.2, -0.15) is 0 Å². The van der Waals surface area contributed by atoms with Gasteiger partial charge in [-0.3, -0.25) is 4.79 Å². The fraction of sp³-hybridized carbons (Fsp3) is 0.500. The molecule has 2 aliphatic rings. The van der Waals surface area contributed by atoms with Crippen LogP contribution in [0.3, 0.4) is 0 Å². The molecule has 0 spiro atoms. The van der Waals surface area contributed by atoms with E-state index in [-0.39, 0.29) is 5.92 Å². The lowest BCUT2D eigenvalue weighted by Crippen LogP contribution is -2.24. The van der Waals surface area contributed by atoms with Gasteiger partial charge in [-0.15, -0.1) is 0 Å². The van der Waals surface area contributed by atoms with E-state index in [9.17, 15) is 4.79 Å². The summed E-state index contributed by atoms with van der Waals surface area (Å²) in [6, 6.07) is 8.45. The normalized spacial score (nSPS) is 27.2. The van der Waals surface area contributed by atoms with Crippen LogP contribution in [-0.4, -0.2) is 19.0 Å². The molecule has 84 valence electrons. The first-order valence-electron chi connectivity index (χ1n) is 6.03. The molecule has 1 aromatic rings. The first-order valence-corrected chi connectivity index (χ1v) is 6.03. The Kier molecular flexibility index (Phi) is 2.52. The average molecular weight is 216 g/mol. The van der Waals surface area contributed by atoms with Gasteiger partial charge in [0.25, 0.3) is 0 Å². The third kappa shape index (κ3) is 1.67. The van der Waals surface area contributed by atoms with Crippen molar-refractivity contribution in [3.63, 3.8) is 0 Å². The number of hydrogen-bond acceptors (Lipinski definition) is 2. The van der Waals surface area contributed by atoms with Crippen LogP contribution in [0.25, 0.3) is 0 Å². The van der Waals surface area contributed by atoms with Crippen LogP contribution < -0.4 is 0 Å². The number of Topliss-reactive ketones (excluding diaryl/α,β-unsaturated/α-hetero) is 1. The van der Waals surface area contributed by atoms with E-state index >= 15 is 0 Å². The second-order valence-electron chi connectivity index (χ2n) is 4.83. The van der Waals surface area contributed by atoms with Crippen LogP contribution in [0.1, 0.15) is 29.9 Å². The van der Waals surface area contributed by atoms with Crippen molar-refractivity contribution in [3.8, 4) is 0 Å². The molecule has 1 heterocycles. The molecule has 0 amide bonds. The number of hydrogen-bond donors (Lipinski definition) is 0. The van der Waals surface area contributed by atoms with E-state index in [1.807, 2.05) is 0 Å². The van der Waals surface area contributed by atoms with Crippen molar-refractivity contribution in [2.45, 2.75) is 25.2 Å². The van der Waals surface area contributed by atoms with Crippen molar-refractivity contribution in [1.29, 1.82) is 0 Å². The van der Waals surface area contributed by atoms with Crippen LogP contribution in [0.4, 0.5) is 0 Å². The maximum atomic E-state index is 12.0. The standard InChI is InChI=1S/C14H16O2/c15-14(11-5-6-16-9-11)8-12-7-10-3-1-2-4-13(10)12/h1-4,11-12H,5-9H2. The summed E-state index contributed by atoms with van der Waals surface area (Å²) in [7, 11) is 0. The Bertz CT molecular complexity index is 405. The summed E-state index contributed by atoms with van der Waals surface area (Å²) >= 11 is 0. The minimum atomic E-state index is 0.174. The van der Waals surface area contributed by atoms with Gasteiger partial charge in [-0.05, 0) is 29.9 Å². The van der Waals surface area contributed by atoms with Crippen molar-refractivity contribution in [2.75, 3.05) is 13.2 Å². The van der Waals surface area contributed by atoms with E-state index in [2.05, 4.69) is 24.3 Å². The third-order valence-corrected chi connectivity index (χ3v) is 3.79. The number of carbonyl (C=O) groups is 1. The topological polar surface area (TPSA) is 26.3 Å². The molecule has 0 radical (unpaired) electrons. The highest BCUT2D eigenvalue weighted by molar-refractivity contribution is 5.82. The van der Waals surface area contributed by atoms with E-state index in [0.717, 1.165) is 19.4 Å². The van der Waals surface area contributed by atoms with Gasteiger partial charge < -0.3 is 4.74 Å². The molecule has 2 unspecified atom stereocenters. The molecule has 3 rings (SSSR count). The molecule has 1 saturated heterocycles. The average Bonchev–Trinajstić information content (AvgIpc) is 2.79. The predicted molar refractivity (Wildman–Crippen MR) is 61.4 cm³/mol. The molecule has 0 bridgehead atoms. The summed E-state index contributed by atoms with van der Waals surface area (Å²) in [5.74, 6) is 1.05. The van der Waals surface area contributed by atoms with E-state index in [1.54, 1.807) is 0 Å². The van der Waals surface area contributed by atoms with Crippen LogP contribution in [0.2, 0.25) is 0 Å². The first-order chi connectivity index (χ1) is 7.84. The maximum Gasteiger partial charge on any atom is 0.138 e. The molecular weight excluding hydrogens is 200 g/mol. The largest absolute Gasteiger partial charge is 0.381 e. The van der Waals surface area contributed by atoms with Gasteiger partial charge in [-0.25, -0.2) is 0 Å².